The van der Waals surface area contributed by atoms with E-state index in [-0.39, 0.29) is 0 Å². The topological polar surface area (TPSA) is 21.7 Å². The molecule has 3 aliphatic heterocycles. The van der Waals surface area contributed by atoms with Gasteiger partial charge < -0.3 is 9.47 Å². The Morgan fingerprint density at radius 1 is 1.06 bits per heavy atom. The first kappa shape index (κ1) is 9.77. The maximum absolute atomic E-state index is 5.48. The third kappa shape index (κ3) is 1.53. The van der Waals surface area contributed by atoms with Crippen molar-refractivity contribution in [1.29, 1.82) is 0 Å². The van der Waals surface area contributed by atoms with Crippen LogP contribution in [0.5, 0.6) is 11.5 Å². The fraction of sp³-hybridized carbons (Fsp3) is 0.571. The molecule has 1 atom stereocenters. The van der Waals surface area contributed by atoms with Crippen LogP contribution in [0.15, 0.2) is 12.1 Å². The molecule has 1 saturated heterocycles. The Labute approximate surface area is 101 Å². The Kier molecular flexibility index (Phi) is 2.09. The molecule has 0 saturated carbocycles. The molecule has 1 fully saturated rings. The molecule has 0 radical (unpaired) electrons. The molecule has 1 aromatic rings. The lowest BCUT2D eigenvalue weighted by molar-refractivity contribution is 0.174. The Hall–Kier alpha value is -1.22. The summed E-state index contributed by atoms with van der Waals surface area (Å²) in [7, 11) is 0. The Bertz CT molecular complexity index is 458. The zero-order valence-electron chi connectivity index (χ0n) is 9.95. The average molecular weight is 231 g/mol. The van der Waals surface area contributed by atoms with Crippen molar-refractivity contribution in [2.75, 3.05) is 19.9 Å². The molecule has 3 heterocycles. The number of ether oxygens (including phenoxy) is 2. The Balaban J connectivity index is 1.73. The highest BCUT2D eigenvalue weighted by Crippen LogP contribution is 2.37. The Morgan fingerprint density at radius 3 is 2.76 bits per heavy atom. The SMILES string of the molecule is c1c2c(cc3c1OCO3)CC1CCCN1CC2. The lowest BCUT2D eigenvalue weighted by atomic mass is 9.98. The van der Waals surface area contributed by atoms with Crippen molar-refractivity contribution in [3.63, 3.8) is 0 Å². The minimum atomic E-state index is 0.383. The summed E-state index contributed by atoms with van der Waals surface area (Å²) in [5, 5.41) is 0. The predicted octanol–water partition coefficient (Wildman–Crippen LogP) is 1.98. The van der Waals surface area contributed by atoms with Crippen LogP contribution in [0.3, 0.4) is 0 Å². The van der Waals surface area contributed by atoms with Crippen LogP contribution >= 0.6 is 0 Å². The summed E-state index contributed by atoms with van der Waals surface area (Å²) < 4.78 is 10.9. The summed E-state index contributed by atoms with van der Waals surface area (Å²) in [6.45, 7) is 2.87. The quantitative estimate of drug-likeness (QED) is 0.681. The monoisotopic (exact) mass is 231 g/mol. The highest BCUT2D eigenvalue weighted by Gasteiger charge is 2.29. The second-order valence-electron chi connectivity index (χ2n) is 5.26. The van der Waals surface area contributed by atoms with Crippen molar-refractivity contribution in [2.45, 2.75) is 31.7 Å². The van der Waals surface area contributed by atoms with Gasteiger partial charge in [0.25, 0.3) is 0 Å². The third-order valence-electron chi connectivity index (χ3n) is 4.32. The molecule has 3 heteroatoms. The molecule has 0 amide bonds. The highest BCUT2D eigenvalue weighted by atomic mass is 16.7. The zero-order chi connectivity index (χ0) is 11.2. The maximum Gasteiger partial charge on any atom is 0.231 e. The number of hydrogen-bond donors (Lipinski definition) is 0. The summed E-state index contributed by atoms with van der Waals surface area (Å²) in [6, 6.07) is 5.16. The van der Waals surface area contributed by atoms with Crippen LogP contribution in [0, 0.1) is 0 Å². The second-order valence-corrected chi connectivity index (χ2v) is 5.26. The normalized spacial score (nSPS) is 26.5. The van der Waals surface area contributed by atoms with E-state index in [2.05, 4.69) is 17.0 Å². The zero-order valence-corrected chi connectivity index (χ0v) is 9.95. The minimum Gasteiger partial charge on any atom is -0.454 e. The van der Waals surface area contributed by atoms with E-state index in [1.165, 1.54) is 43.5 Å². The molecule has 90 valence electrons. The van der Waals surface area contributed by atoms with Gasteiger partial charge in [-0.3, -0.25) is 4.90 Å². The third-order valence-corrected chi connectivity index (χ3v) is 4.32. The van der Waals surface area contributed by atoms with Gasteiger partial charge in [0.1, 0.15) is 0 Å². The largest absolute Gasteiger partial charge is 0.454 e. The van der Waals surface area contributed by atoms with E-state index in [0.29, 0.717) is 6.79 Å². The van der Waals surface area contributed by atoms with E-state index < -0.39 is 0 Å². The van der Waals surface area contributed by atoms with Crippen molar-refractivity contribution in [1.82, 2.24) is 4.90 Å². The molecule has 0 aromatic heterocycles. The van der Waals surface area contributed by atoms with Crippen molar-refractivity contribution in [2.24, 2.45) is 0 Å². The van der Waals surface area contributed by atoms with Gasteiger partial charge in [-0.2, -0.15) is 0 Å². The van der Waals surface area contributed by atoms with Gasteiger partial charge in [-0.25, -0.2) is 0 Å². The highest BCUT2D eigenvalue weighted by molar-refractivity contribution is 5.49. The summed E-state index contributed by atoms with van der Waals surface area (Å²) in [4.78, 5) is 2.65. The fourth-order valence-electron chi connectivity index (χ4n) is 3.39. The molecule has 4 rings (SSSR count). The molecule has 17 heavy (non-hydrogen) atoms. The fourth-order valence-corrected chi connectivity index (χ4v) is 3.39. The molecule has 3 nitrogen and oxygen atoms in total. The van der Waals surface area contributed by atoms with Crippen LogP contribution in [-0.2, 0) is 12.8 Å². The van der Waals surface area contributed by atoms with Crippen molar-refractivity contribution in [3.8, 4) is 11.5 Å². The van der Waals surface area contributed by atoms with Gasteiger partial charge in [0.15, 0.2) is 11.5 Å². The predicted molar refractivity (Wildman–Crippen MR) is 64.6 cm³/mol. The maximum atomic E-state index is 5.48. The summed E-state index contributed by atoms with van der Waals surface area (Å²) in [5.74, 6) is 1.88. The molecule has 0 bridgehead atoms. The molecule has 0 spiro atoms. The van der Waals surface area contributed by atoms with Crippen molar-refractivity contribution in [3.05, 3.63) is 23.3 Å². The molecule has 0 N–H and O–H groups in total. The van der Waals surface area contributed by atoms with Crippen molar-refractivity contribution < 1.29 is 9.47 Å². The number of nitrogens with zero attached hydrogens (tertiary/aromatic N) is 1. The van der Waals surface area contributed by atoms with Crippen LogP contribution in [0.1, 0.15) is 24.0 Å². The summed E-state index contributed by atoms with van der Waals surface area (Å²) in [5.41, 5.74) is 2.94. The Morgan fingerprint density at radius 2 is 1.88 bits per heavy atom. The van der Waals surface area contributed by atoms with E-state index >= 15 is 0 Å². The van der Waals surface area contributed by atoms with Gasteiger partial charge in [0.05, 0.1) is 0 Å². The lowest BCUT2D eigenvalue weighted by Crippen LogP contribution is -2.30. The smallest absolute Gasteiger partial charge is 0.231 e. The van der Waals surface area contributed by atoms with Gasteiger partial charge in [0.2, 0.25) is 6.79 Å². The lowest BCUT2D eigenvalue weighted by Gasteiger charge is -2.20. The van der Waals surface area contributed by atoms with E-state index in [0.717, 1.165) is 24.0 Å². The van der Waals surface area contributed by atoms with Gasteiger partial charge in [0, 0.05) is 12.6 Å². The van der Waals surface area contributed by atoms with E-state index in [1.807, 2.05) is 0 Å². The van der Waals surface area contributed by atoms with E-state index in [9.17, 15) is 0 Å². The standard InChI is InChI=1S/C14H17NO2/c1-2-12-6-11-8-14-13(16-9-17-14)7-10(11)3-5-15(12)4-1/h7-8,12H,1-6,9H2. The molecule has 1 aromatic carbocycles. The van der Waals surface area contributed by atoms with Gasteiger partial charge in [-0.05, 0) is 55.5 Å². The van der Waals surface area contributed by atoms with Crippen LogP contribution in [-0.4, -0.2) is 30.8 Å². The molecule has 0 aliphatic carbocycles. The van der Waals surface area contributed by atoms with Gasteiger partial charge >= 0.3 is 0 Å². The summed E-state index contributed by atoms with van der Waals surface area (Å²) in [6.07, 6.45) is 5.06. The van der Waals surface area contributed by atoms with Gasteiger partial charge in [-0.15, -0.1) is 0 Å². The van der Waals surface area contributed by atoms with Crippen LogP contribution in [0.25, 0.3) is 0 Å². The second kappa shape index (κ2) is 3.64. The molecular weight excluding hydrogens is 214 g/mol. The molecular formula is C14H17NO2. The molecule has 3 aliphatic rings. The first-order chi connectivity index (χ1) is 8.40. The average Bonchev–Trinajstić information content (AvgIpc) is 2.92. The van der Waals surface area contributed by atoms with E-state index in [1.54, 1.807) is 0 Å². The van der Waals surface area contributed by atoms with E-state index in [4.69, 9.17) is 9.47 Å². The van der Waals surface area contributed by atoms with Crippen LogP contribution in [0.2, 0.25) is 0 Å². The minimum absolute atomic E-state index is 0.383. The van der Waals surface area contributed by atoms with Crippen LogP contribution < -0.4 is 9.47 Å². The first-order valence-electron chi connectivity index (χ1n) is 6.55. The number of benzene rings is 1. The number of rotatable bonds is 0. The number of hydrogen-bond acceptors (Lipinski definition) is 3. The number of fused-ring (bicyclic) bond motifs is 3. The molecule has 1 unspecified atom stereocenters. The van der Waals surface area contributed by atoms with Gasteiger partial charge in [-0.1, -0.05) is 0 Å². The van der Waals surface area contributed by atoms with Crippen molar-refractivity contribution >= 4 is 0 Å². The first-order valence-corrected chi connectivity index (χ1v) is 6.55. The van der Waals surface area contributed by atoms with Crippen LogP contribution in [0.4, 0.5) is 0 Å². The summed E-state index contributed by atoms with van der Waals surface area (Å²) >= 11 is 0.